The number of aryl methyl sites for hydroxylation is 1. The number of hydrogen-bond donors (Lipinski definition) is 3. The van der Waals surface area contributed by atoms with Crippen molar-refractivity contribution in [3.05, 3.63) is 199 Å². The highest BCUT2D eigenvalue weighted by Gasteiger charge is 2.20. The molecule has 0 saturated heterocycles. The Labute approximate surface area is 387 Å². The van der Waals surface area contributed by atoms with E-state index < -0.39 is 0 Å². The van der Waals surface area contributed by atoms with Crippen LogP contribution in [0.2, 0.25) is 0 Å². The monoisotopic (exact) mass is 902 g/mol. The van der Waals surface area contributed by atoms with Crippen molar-refractivity contribution in [2.24, 2.45) is 7.05 Å². The van der Waals surface area contributed by atoms with Gasteiger partial charge in [0.2, 0.25) is 5.89 Å². The summed E-state index contributed by atoms with van der Waals surface area (Å²) in [6, 6.07) is 54.1. The zero-order chi connectivity index (χ0) is 45.7. The van der Waals surface area contributed by atoms with Gasteiger partial charge in [0.1, 0.15) is 28.4 Å². The second-order valence-corrected chi connectivity index (χ2v) is 16.1. The highest BCUT2D eigenvalue weighted by atomic mass is 32.1. The number of oxazole rings is 1. The molecule has 3 N–H and O–H groups in total. The Morgan fingerprint density at radius 1 is 0.463 bits per heavy atom. The van der Waals surface area contributed by atoms with E-state index in [1.165, 1.54) is 17.6 Å². The van der Waals surface area contributed by atoms with Gasteiger partial charge >= 0.3 is 0 Å². The highest BCUT2D eigenvalue weighted by molar-refractivity contribution is 7.13. The molecule has 0 radical (unpaired) electrons. The van der Waals surface area contributed by atoms with Crippen LogP contribution >= 0.6 is 11.3 Å². The minimum absolute atomic E-state index is 0.0478. The first-order valence-electron chi connectivity index (χ1n) is 21.4. The Balaban J connectivity index is 0.000000118. The van der Waals surface area contributed by atoms with E-state index in [4.69, 9.17) is 19.7 Å². The van der Waals surface area contributed by atoms with E-state index >= 15 is 0 Å². The summed E-state index contributed by atoms with van der Waals surface area (Å²) in [7, 11) is 1.91. The summed E-state index contributed by atoms with van der Waals surface area (Å²) in [5.74, 6) is 1.16. The van der Waals surface area contributed by atoms with E-state index in [-0.39, 0.29) is 19.8 Å². The standard InChI is InChI=1S/C18H16N4O.C17H13N3O2.C17H13N3OS/c1-21-11-13(12-23)19-18(21)17-15-9-5-6-10-16(15)22(20-17)14-7-3-2-4-8-14;2*21-10-12-11-22-17(18-12)16-14-8-4-5-9-15(14)20(19-16)13-6-2-1-3-7-13/h2-11,23H,12H2,1H3;2*1-9,11,21H,10H2. The number of nitrogens with zero attached hydrogens (tertiary/aromatic N) is 10. The van der Waals surface area contributed by atoms with Gasteiger partial charge in [-0.1, -0.05) is 109 Å². The Hall–Kier alpha value is -8.34. The average Bonchev–Trinajstić information content (AvgIpc) is 4.27. The molecule has 6 aromatic carbocycles. The van der Waals surface area contributed by atoms with Crippen LogP contribution in [0, 0.1) is 0 Å². The molecule has 12 rings (SSSR count). The summed E-state index contributed by atoms with van der Waals surface area (Å²) in [5, 5.41) is 47.6. The molecule has 12 aromatic rings. The van der Waals surface area contributed by atoms with E-state index in [0.29, 0.717) is 28.7 Å². The quantitative estimate of drug-likeness (QED) is 0.127. The van der Waals surface area contributed by atoms with Gasteiger partial charge in [-0.3, -0.25) is 0 Å². The number of hydrogen-bond acceptors (Lipinski definition) is 11. The molecule has 0 spiro atoms. The smallest absolute Gasteiger partial charge is 0.247 e. The molecule has 6 heterocycles. The molecule has 67 heavy (non-hydrogen) atoms. The predicted octanol–water partition coefficient (Wildman–Crippen LogP) is 9.73. The highest BCUT2D eigenvalue weighted by Crippen LogP contribution is 2.33. The molecule has 0 saturated carbocycles. The zero-order valence-electron chi connectivity index (χ0n) is 36.1. The fourth-order valence-corrected chi connectivity index (χ4v) is 8.59. The van der Waals surface area contributed by atoms with E-state index in [1.54, 1.807) is 0 Å². The lowest BCUT2D eigenvalue weighted by molar-refractivity contribution is 0.276. The van der Waals surface area contributed by atoms with Crippen LogP contribution in [-0.2, 0) is 26.9 Å². The minimum Gasteiger partial charge on any atom is -0.443 e. The van der Waals surface area contributed by atoms with Gasteiger partial charge in [-0.2, -0.15) is 15.3 Å². The molecule has 0 aliphatic carbocycles. The summed E-state index contributed by atoms with van der Waals surface area (Å²) in [6.45, 7) is -0.278. The first-order valence-corrected chi connectivity index (χ1v) is 22.2. The summed E-state index contributed by atoms with van der Waals surface area (Å²) < 4.78 is 13.1. The minimum atomic E-state index is -0.152. The molecule has 6 aromatic heterocycles. The van der Waals surface area contributed by atoms with Crippen LogP contribution in [0.15, 0.2) is 186 Å². The molecule has 0 amide bonds. The molecule has 0 bridgehead atoms. The van der Waals surface area contributed by atoms with Crippen molar-refractivity contribution in [3.63, 3.8) is 0 Å². The average molecular weight is 903 g/mol. The molecule has 0 atom stereocenters. The van der Waals surface area contributed by atoms with Crippen molar-refractivity contribution < 1.29 is 19.7 Å². The maximum Gasteiger partial charge on any atom is 0.247 e. The molecular formula is C52H42N10O4S. The van der Waals surface area contributed by atoms with Crippen LogP contribution in [0.1, 0.15) is 17.1 Å². The molecule has 15 heteroatoms. The van der Waals surface area contributed by atoms with Gasteiger partial charge in [0, 0.05) is 34.8 Å². The fourth-order valence-electron chi connectivity index (χ4n) is 7.78. The molecule has 0 fully saturated rings. The molecule has 330 valence electrons. The normalized spacial score (nSPS) is 11.2. The number of fused-ring (bicyclic) bond motifs is 3. The third kappa shape index (κ3) is 8.54. The second-order valence-electron chi connectivity index (χ2n) is 15.3. The Bertz CT molecular complexity index is 3420. The molecular weight excluding hydrogens is 861 g/mol. The summed E-state index contributed by atoms with van der Waals surface area (Å²) in [4.78, 5) is 13.2. The van der Waals surface area contributed by atoms with E-state index in [0.717, 1.165) is 72.0 Å². The van der Waals surface area contributed by atoms with E-state index in [2.05, 4.69) is 38.2 Å². The molecule has 0 unspecified atom stereocenters. The topological polar surface area (TPSA) is 171 Å². The largest absolute Gasteiger partial charge is 0.443 e. The maximum absolute atomic E-state index is 9.32. The Kier molecular flexibility index (Phi) is 12.1. The number of imidazole rings is 1. The fraction of sp³-hybridized carbons (Fsp3) is 0.0769. The molecule has 0 aliphatic rings. The van der Waals surface area contributed by atoms with Crippen LogP contribution in [0.5, 0.6) is 0 Å². The van der Waals surface area contributed by atoms with Crippen LogP contribution < -0.4 is 0 Å². The number of benzene rings is 6. The Morgan fingerprint density at radius 2 is 0.896 bits per heavy atom. The van der Waals surface area contributed by atoms with Crippen LogP contribution in [0.3, 0.4) is 0 Å². The lowest BCUT2D eigenvalue weighted by atomic mass is 10.2. The van der Waals surface area contributed by atoms with Gasteiger partial charge in [0.25, 0.3) is 0 Å². The lowest BCUT2D eigenvalue weighted by Crippen LogP contribution is -1.97. The van der Waals surface area contributed by atoms with Crippen molar-refractivity contribution in [2.75, 3.05) is 0 Å². The van der Waals surface area contributed by atoms with Gasteiger partial charge in [0.05, 0.1) is 64.8 Å². The van der Waals surface area contributed by atoms with Crippen molar-refractivity contribution in [2.45, 2.75) is 19.8 Å². The third-order valence-electron chi connectivity index (χ3n) is 10.9. The predicted molar refractivity (Wildman–Crippen MR) is 260 cm³/mol. The van der Waals surface area contributed by atoms with E-state index in [9.17, 15) is 10.2 Å². The van der Waals surface area contributed by atoms with Crippen molar-refractivity contribution in [1.29, 1.82) is 0 Å². The van der Waals surface area contributed by atoms with E-state index in [1.807, 2.05) is 183 Å². The van der Waals surface area contributed by atoms with Crippen molar-refractivity contribution in [1.82, 2.24) is 48.9 Å². The summed E-state index contributed by atoms with van der Waals surface area (Å²) in [6.07, 6.45) is 3.28. The van der Waals surface area contributed by atoms with Crippen molar-refractivity contribution in [3.8, 4) is 50.9 Å². The number of aliphatic hydroxyl groups is 3. The number of rotatable bonds is 9. The van der Waals surface area contributed by atoms with Crippen LogP contribution in [0.25, 0.3) is 83.6 Å². The van der Waals surface area contributed by atoms with Crippen LogP contribution in [0.4, 0.5) is 0 Å². The molecule has 0 aliphatic heterocycles. The SMILES string of the molecule is Cn1cc(CO)nc1-c1nn(-c2ccccc2)c2ccccc12.OCc1coc(-c2nn(-c3ccccc3)c3ccccc23)n1.OCc1csc(-c2nn(-c3ccccc3)c3ccccc23)n1. The molecule has 14 nitrogen and oxygen atoms in total. The van der Waals surface area contributed by atoms with Gasteiger partial charge in [-0.15, -0.1) is 11.3 Å². The summed E-state index contributed by atoms with van der Waals surface area (Å²) >= 11 is 1.50. The number of thiazole rings is 1. The van der Waals surface area contributed by atoms with Crippen LogP contribution in [-0.4, -0.2) is 64.2 Å². The van der Waals surface area contributed by atoms with Gasteiger partial charge in [-0.25, -0.2) is 29.0 Å². The number of aromatic nitrogens is 10. The zero-order valence-corrected chi connectivity index (χ0v) is 36.9. The second kappa shape index (κ2) is 19.0. The first kappa shape index (κ1) is 42.6. The van der Waals surface area contributed by atoms with Gasteiger partial charge in [-0.05, 0) is 54.6 Å². The number of para-hydroxylation sites is 6. The van der Waals surface area contributed by atoms with Gasteiger partial charge in [0.15, 0.2) is 11.5 Å². The first-order chi connectivity index (χ1) is 33.0. The maximum atomic E-state index is 9.32. The number of aliphatic hydroxyl groups excluding tert-OH is 3. The van der Waals surface area contributed by atoms with Gasteiger partial charge < -0.3 is 24.3 Å². The summed E-state index contributed by atoms with van der Waals surface area (Å²) in [5.41, 5.74) is 10.2. The van der Waals surface area contributed by atoms with Crippen molar-refractivity contribution >= 4 is 44.0 Å². The lowest BCUT2D eigenvalue weighted by Gasteiger charge is -2.02. The third-order valence-corrected chi connectivity index (χ3v) is 11.8. The Morgan fingerprint density at radius 3 is 1.36 bits per heavy atom.